The van der Waals surface area contributed by atoms with Gasteiger partial charge < -0.3 is 10.2 Å². The second kappa shape index (κ2) is 13.3. The molecule has 3 aromatic rings. The summed E-state index contributed by atoms with van der Waals surface area (Å²) in [6.07, 6.45) is 0.266. The van der Waals surface area contributed by atoms with E-state index < -0.39 is 34.3 Å². The highest BCUT2D eigenvalue weighted by Gasteiger charge is 2.34. The molecule has 1 atom stereocenters. The van der Waals surface area contributed by atoms with Crippen molar-refractivity contribution in [1.29, 1.82) is 0 Å². The third-order valence-corrected chi connectivity index (χ3v) is 8.36. The summed E-state index contributed by atoms with van der Waals surface area (Å²) in [5, 5.41) is 2.92. The van der Waals surface area contributed by atoms with E-state index in [2.05, 4.69) is 5.32 Å². The fourth-order valence-corrected chi connectivity index (χ4v) is 5.80. The number of amides is 2. The van der Waals surface area contributed by atoms with Crippen LogP contribution in [0.1, 0.15) is 32.8 Å². The van der Waals surface area contributed by atoms with Crippen molar-refractivity contribution < 1.29 is 22.4 Å². The van der Waals surface area contributed by atoms with Crippen LogP contribution in [0.5, 0.6) is 0 Å². The minimum Gasteiger partial charge on any atom is -0.352 e. The predicted molar refractivity (Wildman–Crippen MR) is 152 cm³/mol. The maximum absolute atomic E-state index is 14.0. The lowest BCUT2D eigenvalue weighted by molar-refractivity contribution is -0.140. The number of sulfonamides is 1. The smallest absolute Gasteiger partial charge is 0.264 e. The molecule has 3 aromatic carbocycles. The van der Waals surface area contributed by atoms with Crippen LogP contribution in [0.15, 0.2) is 77.7 Å². The molecule has 208 valence electrons. The quantitative estimate of drug-likeness (QED) is 0.311. The summed E-state index contributed by atoms with van der Waals surface area (Å²) in [5.74, 6) is -1.77. The Balaban J connectivity index is 2.09. The number of nitrogens with one attached hydrogen (secondary N) is 1. The van der Waals surface area contributed by atoms with Gasteiger partial charge in [0.15, 0.2) is 0 Å². The minimum absolute atomic E-state index is 0.00373. The maximum atomic E-state index is 14.0. The van der Waals surface area contributed by atoms with Gasteiger partial charge in [-0.25, -0.2) is 12.8 Å². The van der Waals surface area contributed by atoms with Crippen molar-refractivity contribution in [3.05, 3.63) is 94.2 Å². The Morgan fingerprint density at radius 3 is 2.18 bits per heavy atom. The molecule has 0 saturated carbocycles. The van der Waals surface area contributed by atoms with Crippen LogP contribution in [0.3, 0.4) is 0 Å². The Bertz CT molecular complexity index is 1420. The van der Waals surface area contributed by atoms with Gasteiger partial charge in [0.1, 0.15) is 18.4 Å². The molecule has 3 rings (SSSR count). The SMILES string of the molecule is CC[C@@H](C(=O)NC(C)C)N(Cc1ccccc1Cl)C(=O)CN(c1ccc(F)c(Cl)c1)S(=O)(=O)c1ccccc1. The van der Waals surface area contributed by atoms with Gasteiger partial charge in [0.25, 0.3) is 10.0 Å². The summed E-state index contributed by atoms with van der Waals surface area (Å²) in [6.45, 7) is 4.66. The highest BCUT2D eigenvalue weighted by molar-refractivity contribution is 7.92. The van der Waals surface area contributed by atoms with Gasteiger partial charge in [-0.15, -0.1) is 0 Å². The fourth-order valence-electron chi connectivity index (χ4n) is 4.00. The molecule has 7 nitrogen and oxygen atoms in total. The Kier molecular flexibility index (Phi) is 10.4. The van der Waals surface area contributed by atoms with Gasteiger partial charge in [0, 0.05) is 17.6 Å². The van der Waals surface area contributed by atoms with Gasteiger partial charge in [0.2, 0.25) is 11.8 Å². The molecule has 0 saturated heterocycles. The molecule has 0 bridgehead atoms. The molecular formula is C28H30Cl2FN3O4S. The molecule has 0 fully saturated rings. The molecule has 1 N–H and O–H groups in total. The standard InChI is InChI=1S/C28H30Cl2FN3O4S/c1-4-26(28(36)32-19(2)3)33(17-20-10-8-9-13-23(20)29)27(35)18-34(21-14-15-25(31)24(30)16-21)39(37,38)22-11-6-5-7-12-22/h5-16,19,26H,4,17-18H2,1-3H3,(H,32,36)/t26-/m0/s1. The summed E-state index contributed by atoms with van der Waals surface area (Å²) in [6, 6.07) is 16.8. The Hall–Kier alpha value is -3.14. The molecule has 0 aliphatic rings. The third-order valence-electron chi connectivity index (χ3n) is 5.92. The molecule has 0 aliphatic carbocycles. The van der Waals surface area contributed by atoms with Crippen molar-refractivity contribution in [3.8, 4) is 0 Å². The zero-order valence-electron chi connectivity index (χ0n) is 21.8. The van der Waals surface area contributed by atoms with E-state index >= 15 is 0 Å². The third kappa shape index (κ3) is 7.50. The molecule has 0 aliphatic heterocycles. The van der Waals surface area contributed by atoms with E-state index in [4.69, 9.17) is 23.2 Å². The summed E-state index contributed by atoms with van der Waals surface area (Å²) in [5.41, 5.74) is 0.585. The van der Waals surface area contributed by atoms with Crippen molar-refractivity contribution >= 4 is 50.7 Å². The van der Waals surface area contributed by atoms with Crippen LogP contribution in [0, 0.1) is 5.82 Å². The van der Waals surface area contributed by atoms with E-state index in [1.807, 2.05) is 0 Å². The van der Waals surface area contributed by atoms with Gasteiger partial charge in [-0.05, 0) is 62.2 Å². The Morgan fingerprint density at radius 2 is 1.59 bits per heavy atom. The van der Waals surface area contributed by atoms with Crippen LogP contribution in [-0.4, -0.2) is 43.8 Å². The van der Waals surface area contributed by atoms with Crippen molar-refractivity contribution in [2.75, 3.05) is 10.8 Å². The molecule has 39 heavy (non-hydrogen) atoms. The first-order valence-electron chi connectivity index (χ1n) is 12.3. The van der Waals surface area contributed by atoms with Crippen molar-refractivity contribution in [2.24, 2.45) is 0 Å². The summed E-state index contributed by atoms with van der Waals surface area (Å²) >= 11 is 12.4. The van der Waals surface area contributed by atoms with Crippen LogP contribution in [0.2, 0.25) is 10.0 Å². The van der Waals surface area contributed by atoms with E-state index in [-0.39, 0.29) is 40.5 Å². The average Bonchev–Trinajstić information content (AvgIpc) is 2.89. The van der Waals surface area contributed by atoms with Crippen LogP contribution in [0.4, 0.5) is 10.1 Å². The van der Waals surface area contributed by atoms with Gasteiger partial charge in [-0.2, -0.15) is 0 Å². The number of carbonyl (C=O) groups is 2. The fraction of sp³-hybridized carbons (Fsp3) is 0.286. The van der Waals surface area contributed by atoms with Gasteiger partial charge in [0.05, 0.1) is 15.6 Å². The normalized spacial score (nSPS) is 12.2. The lowest BCUT2D eigenvalue weighted by Crippen LogP contribution is -2.53. The van der Waals surface area contributed by atoms with Gasteiger partial charge in [-0.1, -0.05) is 66.5 Å². The van der Waals surface area contributed by atoms with E-state index in [0.29, 0.717) is 10.6 Å². The monoisotopic (exact) mass is 593 g/mol. The number of nitrogens with zero attached hydrogens (tertiary/aromatic N) is 2. The molecular weight excluding hydrogens is 564 g/mol. The molecule has 0 aromatic heterocycles. The maximum Gasteiger partial charge on any atom is 0.264 e. The van der Waals surface area contributed by atoms with Crippen LogP contribution in [0.25, 0.3) is 0 Å². The molecule has 0 unspecified atom stereocenters. The van der Waals surface area contributed by atoms with Gasteiger partial charge >= 0.3 is 0 Å². The summed E-state index contributed by atoms with van der Waals surface area (Å²) in [4.78, 5) is 28.3. The average molecular weight is 595 g/mol. The van der Waals surface area contributed by atoms with E-state index in [1.165, 1.54) is 23.1 Å². The summed E-state index contributed by atoms with van der Waals surface area (Å²) in [7, 11) is -4.29. The highest BCUT2D eigenvalue weighted by atomic mass is 35.5. The number of benzene rings is 3. The van der Waals surface area contributed by atoms with Gasteiger partial charge in [-0.3, -0.25) is 13.9 Å². The van der Waals surface area contributed by atoms with Crippen LogP contribution < -0.4 is 9.62 Å². The number of hydrogen-bond acceptors (Lipinski definition) is 4. The van der Waals surface area contributed by atoms with E-state index in [0.717, 1.165) is 16.4 Å². The Morgan fingerprint density at radius 1 is 0.949 bits per heavy atom. The summed E-state index contributed by atoms with van der Waals surface area (Å²) < 4.78 is 42.3. The zero-order chi connectivity index (χ0) is 28.7. The Labute approximate surface area is 238 Å². The number of halogens is 3. The number of hydrogen-bond donors (Lipinski definition) is 1. The zero-order valence-corrected chi connectivity index (χ0v) is 24.1. The molecule has 0 heterocycles. The lowest BCUT2D eigenvalue weighted by Gasteiger charge is -2.33. The first-order valence-corrected chi connectivity index (χ1v) is 14.5. The second-order valence-corrected chi connectivity index (χ2v) is 11.8. The predicted octanol–water partition coefficient (Wildman–Crippen LogP) is 5.66. The van der Waals surface area contributed by atoms with Crippen molar-refractivity contribution in [2.45, 2.75) is 50.7 Å². The van der Waals surface area contributed by atoms with Crippen molar-refractivity contribution in [1.82, 2.24) is 10.2 Å². The molecule has 2 amide bonds. The topological polar surface area (TPSA) is 86.8 Å². The number of rotatable bonds is 11. The first-order chi connectivity index (χ1) is 18.4. The van der Waals surface area contributed by atoms with E-state index in [9.17, 15) is 22.4 Å². The number of carbonyl (C=O) groups excluding carboxylic acids is 2. The minimum atomic E-state index is -4.29. The molecule has 0 spiro atoms. The first kappa shape index (κ1) is 30.4. The number of anilines is 1. The lowest BCUT2D eigenvalue weighted by atomic mass is 10.1. The highest BCUT2D eigenvalue weighted by Crippen LogP contribution is 2.29. The second-order valence-electron chi connectivity index (χ2n) is 9.12. The molecule has 11 heteroatoms. The van der Waals surface area contributed by atoms with Crippen molar-refractivity contribution in [3.63, 3.8) is 0 Å². The molecule has 0 radical (unpaired) electrons. The largest absolute Gasteiger partial charge is 0.352 e. The van der Waals surface area contributed by atoms with Crippen LogP contribution in [-0.2, 0) is 26.2 Å². The van der Waals surface area contributed by atoms with E-state index in [1.54, 1.807) is 63.2 Å². The van der Waals surface area contributed by atoms with Crippen LogP contribution >= 0.6 is 23.2 Å².